The third-order valence-electron chi connectivity index (χ3n) is 3.73. The van der Waals surface area contributed by atoms with Crippen molar-refractivity contribution in [2.75, 3.05) is 0 Å². The normalized spacial score (nSPS) is 11.8. The maximum atomic E-state index is 13.0. The third kappa shape index (κ3) is 4.28. The Bertz CT molecular complexity index is 921. The Morgan fingerprint density at radius 1 is 1.08 bits per heavy atom. The molecule has 0 saturated heterocycles. The molecule has 0 aliphatic rings. The molecule has 3 rings (SSSR count). The maximum absolute atomic E-state index is 13.0. The van der Waals surface area contributed by atoms with Gasteiger partial charge in [0, 0.05) is 12.7 Å². The lowest BCUT2D eigenvalue weighted by molar-refractivity contribution is 0.358. The fourth-order valence-corrected chi connectivity index (χ4v) is 3.82. The van der Waals surface area contributed by atoms with Crippen LogP contribution in [-0.2, 0) is 23.1 Å². The number of halogens is 1. The van der Waals surface area contributed by atoms with Gasteiger partial charge in [-0.2, -0.15) is 4.31 Å². The summed E-state index contributed by atoms with van der Waals surface area (Å²) in [7, 11) is -3.75. The van der Waals surface area contributed by atoms with Crippen LogP contribution in [0.2, 0.25) is 5.15 Å². The molecule has 3 aromatic rings. The lowest BCUT2D eigenvalue weighted by Gasteiger charge is -2.21. The van der Waals surface area contributed by atoms with Crippen LogP contribution in [0.15, 0.2) is 70.3 Å². The Kier molecular flexibility index (Phi) is 5.22. The van der Waals surface area contributed by atoms with Crippen LogP contribution < -0.4 is 0 Å². The van der Waals surface area contributed by atoms with Gasteiger partial charge in [0.15, 0.2) is 0 Å². The Labute approximate surface area is 151 Å². The van der Waals surface area contributed by atoms with Gasteiger partial charge in [0.1, 0.15) is 15.8 Å². The van der Waals surface area contributed by atoms with Crippen LogP contribution in [0, 0.1) is 6.92 Å². The highest BCUT2D eigenvalue weighted by molar-refractivity contribution is 7.89. The Hall–Kier alpha value is -2.15. The summed E-state index contributed by atoms with van der Waals surface area (Å²) in [5.41, 5.74) is 2.01. The van der Waals surface area contributed by atoms with Crippen molar-refractivity contribution in [3.8, 4) is 0 Å². The fourth-order valence-electron chi connectivity index (χ4n) is 2.36. The summed E-state index contributed by atoms with van der Waals surface area (Å²) in [6.07, 6.45) is 2.79. The highest BCUT2D eigenvalue weighted by atomic mass is 35.5. The molecule has 0 saturated carbocycles. The van der Waals surface area contributed by atoms with Gasteiger partial charge in [-0.3, -0.25) is 0 Å². The zero-order chi connectivity index (χ0) is 17.9. The number of hydrogen-bond donors (Lipinski definition) is 0. The summed E-state index contributed by atoms with van der Waals surface area (Å²) in [5.74, 6) is 0.567. The van der Waals surface area contributed by atoms with Crippen LogP contribution in [0.4, 0.5) is 0 Å². The number of hydrogen-bond acceptors (Lipinski definition) is 4. The molecule has 5 nitrogen and oxygen atoms in total. The molecule has 0 bridgehead atoms. The highest BCUT2D eigenvalue weighted by Crippen LogP contribution is 2.22. The van der Waals surface area contributed by atoms with Gasteiger partial charge in [-0.25, -0.2) is 13.4 Å². The van der Waals surface area contributed by atoms with E-state index in [0.717, 1.165) is 11.1 Å². The molecular weight excluding hydrogens is 360 g/mol. The van der Waals surface area contributed by atoms with Crippen molar-refractivity contribution in [1.82, 2.24) is 9.29 Å². The van der Waals surface area contributed by atoms with Crippen LogP contribution in [0.25, 0.3) is 0 Å². The van der Waals surface area contributed by atoms with E-state index < -0.39 is 10.0 Å². The van der Waals surface area contributed by atoms with Gasteiger partial charge < -0.3 is 4.42 Å². The van der Waals surface area contributed by atoms with Gasteiger partial charge in [-0.05, 0) is 36.8 Å². The first-order chi connectivity index (χ1) is 11.9. The molecule has 0 aliphatic heterocycles. The topological polar surface area (TPSA) is 63.4 Å². The second-order valence-electron chi connectivity index (χ2n) is 5.65. The Balaban J connectivity index is 1.94. The summed E-state index contributed by atoms with van der Waals surface area (Å²) in [4.78, 5) is 3.97. The first kappa shape index (κ1) is 17.7. The molecule has 1 aromatic carbocycles. The van der Waals surface area contributed by atoms with E-state index in [0.29, 0.717) is 5.76 Å². The lowest BCUT2D eigenvalue weighted by atomic mass is 10.1. The van der Waals surface area contributed by atoms with Crippen LogP contribution in [0.3, 0.4) is 0 Å². The van der Waals surface area contributed by atoms with E-state index in [1.54, 1.807) is 12.1 Å². The molecule has 0 unspecified atom stereocenters. The van der Waals surface area contributed by atoms with E-state index in [1.807, 2.05) is 31.2 Å². The Morgan fingerprint density at radius 3 is 2.44 bits per heavy atom. The standard InChI is InChI=1S/C18H17ClN2O3S/c1-14-4-6-15(7-5-14)12-21(13-16-3-2-10-24-16)25(22,23)17-8-9-18(19)20-11-17/h2-11H,12-13H2,1H3. The van der Waals surface area contributed by atoms with Crippen molar-refractivity contribution in [1.29, 1.82) is 0 Å². The van der Waals surface area contributed by atoms with Crippen molar-refractivity contribution in [2.45, 2.75) is 24.9 Å². The van der Waals surface area contributed by atoms with E-state index in [4.69, 9.17) is 16.0 Å². The number of rotatable bonds is 6. The van der Waals surface area contributed by atoms with E-state index in [1.165, 1.54) is 28.9 Å². The number of nitrogens with zero attached hydrogens (tertiary/aromatic N) is 2. The van der Waals surface area contributed by atoms with E-state index in [9.17, 15) is 8.42 Å². The lowest BCUT2D eigenvalue weighted by Crippen LogP contribution is -2.30. The van der Waals surface area contributed by atoms with E-state index in [-0.39, 0.29) is 23.1 Å². The van der Waals surface area contributed by atoms with Gasteiger partial charge in [0.2, 0.25) is 10.0 Å². The number of aryl methyl sites for hydroxylation is 1. The van der Waals surface area contributed by atoms with Gasteiger partial charge >= 0.3 is 0 Å². The predicted molar refractivity (Wildman–Crippen MR) is 95.6 cm³/mol. The first-order valence-corrected chi connectivity index (χ1v) is 9.46. The minimum atomic E-state index is -3.75. The van der Waals surface area contributed by atoms with E-state index in [2.05, 4.69) is 4.98 Å². The van der Waals surface area contributed by atoms with Gasteiger partial charge in [0.05, 0.1) is 12.8 Å². The van der Waals surface area contributed by atoms with Crippen LogP contribution >= 0.6 is 11.6 Å². The molecule has 2 aromatic heterocycles. The minimum absolute atomic E-state index is 0.0931. The average Bonchev–Trinajstić information content (AvgIpc) is 3.10. The van der Waals surface area contributed by atoms with Crippen LogP contribution in [0.1, 0.15) is 16.9 Å². The quantitative estimate of drug-likeness (QED) is 0.609. The molecular formula is C18H17ClN2O3S. The number of aromatic nitrogens is 1. The summed E-state index contributed by atoms with van der Waals surface area (Å²) < 4.78 is 32.8. The van der Waals surface area contributed by atoms with Crippen molar-refractivity contribution < 1.29 is 12.8 Å². The van der Waals surface area contributed by atoms with Crippen molar-refractivity contribution in [2.24, 2.45) is 0 Å². The molecule has 2 heterocycles. The van der Waals surface area contributed by atoms with Crippen LogP contribution in [0.5, 0.6) is 0 Å². The number of benzene rings is 1. The molecule has 25 heavy (non-hydrogen) atoms. The smallest absolute Gasteiger partial charge is 0.245 e. The van der Waals surface area contributed by atoms with Gasteiger partial charge in [0.25, 0.3) is 0 Å². The predicted octanol–water partition coefficient (Wildman–Crippen LogP) is 4.03. The zero-order valence-corrected chi connectivity index (χ0v) is 15.2. The molecule has 130 valence electrons. The SMILES string of the molecule is Cc1ccc(CN(Cc2ccco2)S(=O)(=O)c2ccc(Cl)nc2)cc1. The summed E-state index contributed by atoms with van der Waals surface area (Å²) >= 11 is 5.77. The molecule has 0 aliphatic carbocycles. The average molecular weight is 377 g/mol. The molecule has 0 atom stereocenters. The Morgan fingerprint density at radius 2 is 1.84 bits per heavy atom. The fraction of sp³-hybridized carbons (Fsp3) is 0.167. The first-order valence-electron chi connectivity index (χ1n) is 7.65. The second-order valence-corrected chi connectivity index (χ2v) is 7.98. The molecule has 0 spiro atoms. The highest BCUT2D eigenvalue weighted by Gasteiger charge is 2.26. The van der Waals surface area contributed by atoms with Crippen molar-refractivity contribution >= 4 is 21.6 Å². The van der Waals surface area contributed by atoms with Crippen molar-refractivity contribution in [3.05, 3.63) is 83.0 Å². The maximum Gasteiger partial charge on any atom is 0.245 e. The summed E-state index contributed by atoms with van der Waals surface area (Å²) in [5, 5.41) is 0.245. The van der Waals surface area contributed by atoms with Crippen molar-refractivity contribution in [3.63, 3.8) is 0 Å². The molecule has 7 heteroatoms. The monoisotopic (exact) mass is 376 g/mol. The number of furan rings is 1. The molecule has 0 N–H and O–H groups in total. The minimum Gasteiger partial charge on any atom is -0.468 e. The van der Waals surface area contributed by atoms with Crippen LogP contribution in [-0.4, -0.2) is 17.7 Å². The largest absolute Gasteiger partial charge is 0.468 e. The summed E-state index contributed by atoms with van der Waals surface area (Å²) in [6.45, 7) is 2.35. The van der Waals surface area contributed by atoms with Gasteiger partial charge in [-0.1, -0.05) is 41.4 Å². The third-order valence-corrected chi connectivity index (χ3v) is 5.73. The summed E-state index contributed by atoms with van der Waals surface area (Å²) in [6, 6.07) is 14.1. The zero-order valence-electron chi connectivity index (χ0n) is 13.6. The van der Waals surface area contributed by atoms with Gasteiger partial charge in [-0.15, -0.1) is 0 Å². The number of pyridine rings is 1. The van der Waals surface area contributed by atoms with E-state index >= 15 is 0 Å². The molecule has 0 amide bonds. The second kappa shape index (κ2) is 7.39. The number of sulfonamides is 1. The molecule has 0 radical (unpaired) electrons. The molecule has 0 fully saturated rings.